The molecule has 2 N–H and O–H groups in total. The van der Waals surface area contributed by atoms with Crippen LogP contribution in [0.4, 0.5) is 0 Å². The number of ether oxygens (including phenoxy) is 1. The largest absolute Gasteiger partial charge is 0.480 e. The summed E-state index contributed by atoms with van der Waals surface area (Å²) in [5.41, 5.74) is 0.932. The lowest BCUT2D eigenvalue weighted by Crippen LogP contribution is -2.42. The lowest BCUT2D eigenvalue weighted by atomic mass is 10.0. The molecule has 1 atom stereocenters. The quantitative estimate of drug-likeness (QED) is 0.778. The minimum absolute atomic E-state index is 0.191. The maximum atomic E-state index is 12.3. The topological polar surface area (TPSA) is 75.6 Å². The summed E-state index contributed by atoms with van der Waals surface area (Å²) >= 11 is 6.19. The second-order valence-electron chi connectivity index (χ2n) is 7.00. The monoisotopic (exact) mass is 355 g/mol. The number of hydrogen-bond acceptors (Lipinski definition) is 3. The van der Waals surface area contributed by atoms with Crippen molar-refractivity contribution in [2.45, 2.75) is 58.6 Å². The molecule has 0 radical (unpaired) electrons. The van der Waals surface area contributed by atoms with E-state index in [1.54, 1.807) is 18.2 Å². The molecule has 0 saturated carbocycles. The number of carbonyl (C=O) groups excluding carboxylic acids is 1. The van der Waals surface area contributed by atoms with E-state index < -0.39 is 17.9 Å². The normalized spacial score (nSPS) is 13.0. The van der Waals surface area contributed by atoms with E-state index in [9.17, 15) is 14.7 Å². The number of benzene rings is 1. The Balaban J connectivity index is 2.75. The van der Waals surface area contributed by atoms with Crippen LogP contribution in [0.5, 0.6) is 0 Å². The zero-order valence-corrected chi connectivity index (χ0v) is 15.6. The van der Waals surface area contributed by atoms with Gasteiger partial charge in [-0.05, 0) is 44.4 Å². The Morgan fingerprint density at radius 2 is 1.92 bits per heavy atom. The highest BCUT2D eigenvalue weighted by atomic mass is 35.5. The molecule has 0 fully saturated rings. The number of carboxylic acids is 1. The first-order chi connectivity index (χ1) is 11.0. The Hall–Kier alpha value is -1.59. The fourth-order valence-electron chi connectivity index (χ4n) is 2.12. The molecule has 0 aliphatic heterocycles. The summed E-state index contributed by atoms with van der Waals surface area (Å²) in [6.45, 7) is 9.93. The molecular formula is C18H26ClNO4. The smallest absolute Gasteiger partial charge is 0.326 e. The lowest BCUT2D eigenvalue weighted by molar-refractivity contribution is -0.140. The van der Waals surface area contributed by atoms with Gasteiger partial charge in [0.05, 0.1) is 5.60 Å². The van der Waals surface area contributed by atoms with Crippen LogP contribution >= 0.6 is 11.6 Å². The molecule has 0 aliphatic carbocycles. The predicted molar refractivity (Wildman–Crippen MR) is 94.8 cm³/mol. The summed E-state index contributed by atoms with van der Waals surface area (Å²) in [5.74, 6) is -1.31. The van der Waals surface area contributed by atoms with Crippen molar-refractivity contribution in [1.82, 2.24) is 5.32 Å². The van der Waals surface area contributed by atoms with Gasteiger partial charge in [0.1, 0.15) is 6.04 Å². The highest BCUT2D eigenvalue weighted by Crippen LogP contribution is 2.25. The van der Waals surface area contributed by atoms with Gasteiger partial charge >= 0.3 is 5.97 Å². The molecule has 0 saturated heterocycles. The molecule has 1 unspecified atom stereocenters. The maximum Gasteiger partial charge on any atom is 0.326 e. The average molecular weight is 356 g/mol. The number of amides is 1. The highest BCUT2D eigenvalue weighted by Gasteiger charge is 2.22. The fourth-order valence-corrected chi connectivity index (χ4v) is 2.52. The summed E-state index contributed by atoms with van der Waals surface area (Å²) in [4.78, 5) is 23.6. The van der Waals surface area contributed by atoms with Gasteiger partial charge in [0.15, 0.2) is 0 Å². The molecular weight excluding hydrogens is 330 g/mol. The van der Waals surface area contributed by atoms with E-state index in [0.717, 1.165) is 5.56 Å². The van der Waals surface area contributed by atoms with E-state index >= 15 is 0 Å². The third-order valence-corrected chi connectivity index (χ3v) is 3.76. The summed E-state index contributed by atoms with van der Waals surface area (Å²) in [6.07, 6.45) is 0.191. The number of nitrogens with one attached hydrogen (secondary N) is 1. The maximum absolute atomic E-state index is 12.3. The van der Waals surface area contributed by atoms with Crippen molar-refractivity contribution >= 4 is 23.5 Å². The van der Waals surface area contributed by atoms with Crippen molar-refractivity contribution in [3.63, 3.8) is 0 Å². The van der Waals surface area contributed by atoms with E-state index in [2.05, 4.69) is 5.32 Å². The van der Waals surface area contributed by atoms with Crippen molar-refractivity contribution in [2.75, 3.05) is 6.61 Å². The van der Waals surface area contributed by atoms with Crippen LogP contribution in [-0.4, -0.2) is 35.2 Å². The van der Waals surface area contributed by atoms with E-state index in [1.165, 1.54) is 0 Å². The first kappa shape index (κ1) is 20.5. The Bertz CT molecular complexity index is 593. The van der Waals surface area contributed by atoms with E-state index in [1.807, 2.05) is 34.6 Å². The first-order valence-corrected chi connectivity index (χ1v) is 8.36. The van der Waals surface area contributed by atoms with Crippen LogP contribution in [0.2, 0.25) is 5.02 Å². The van der Waals surface area contributed by atoms with Gasteiger partial charge in [0.25, 0.3) is 5.91 Å². The number of halogens is 1. The molecule has 0 bridgehead atoms. The molecule has 1 amide bonds. The Labute approximate surface area is 148 Å². The molecule has 6 heteroatoms. The highest BCUT2D eigenvalue weighted by molar-refractivity contribution is 6.31. The van der Waals surface area contributed by atoms with Gasteiger partial charge in [-0.1, -0.05) is 31.5 Å². The molecule has 0 aliphatic rings. The fraction of sp³-hybridized carbons (Fsp3) is 0.556. The third-order valence-electron chi connectivity index (χ3n) is 3.43. The Kier molecular flexibility index (Phi) is 7.24. The molecule has 5 nitrogen and oxygen atoms in total. The minimum Gasteiger partial charge on any atom is -0.480 e. The van der Waals surface area contributed by atoms with Gasteiger partial charge in [-0.3, -0.25) is 4.79 Å². The molecule has 0 heterocycles. The van der Waals surface area contributed by atoms with Crippen LogP contribution in [0.3, 0.4) is 0 Å². The zero-order valence-electron chi connectivity index (χ0n) is 14.9. The summed E-state index contributed by atoms with van der Waals surface area (Å²) in [5, 5.41) is 12.3. The van der Waals surface area contributed by atoms with Crippen LogP contribution in [0, 0.1) is 0 Å². The lowest BCUT2D eigenvalue weighted by Gasteiger charge is -2.21. The van der Waals surface area contributed by atoms with E-state index in [-0.39, 0.29) is 24.5 Å². The number of rotatable bonds is 7. The Morgan fingerprint density at radius 3 is 2.38 bits per heavy atom. The van der Waals surface area contributed by atoms with E-state index in [0.29, 0.717) is 10.6 Å². The van der Waals surface area contributed by atoms with Crippen molar-refractivity contribution in [3.05, 3.63) is 34.3 Å². The molecule has 1 aromatic rings. The molecule has 1 aromatic carbocycles. The standard InChI is InChI=1S/C18H26ClNO4/c1-11(2)13-7-6-12(10-14(13)19)16(21)20-15(17(22)23)8-9-24-18(3,4)5/h6-7,10-11,15H,8-9H2,1-5H3,(H,20,21)(H,22,23). The second-order valence-corrected chi connectivity index (χ2v) is 7.41. The van der Waals surface area contributed by atoms with Gasteiger partial charge in [-0.2, -0.15) is 0 Å². The van der Waals surface area contributed by atoms with E-state index in [4.69, 9.17) is 16.3 Å². The second kappa shape index (κ2) is 8.49. The van der Waals surface area contributed by atoms with Gasteiger partial charge in [0.2, 0.25) is 0 Å². The van der Waals surface area contributed by atoms with Crippen LogP contribution in [0.1, 0.15) is 62.9 Å². The SMILES string of the molecule is CC(C)c1ccc(C(=O)NC(CCOC(C)(C)C)C(=O)O)cc1Cl. The Morgan fingerprint density at radius 1 is 1.29 bits per heavy atom. The van der Waals surface area contributed by atoms with Gasteiger partial charge in [-0.15, -0.1) is 0 Å². The average Bonchev–Trinajstić information content (AvgIpc) is 2.44. The van der Waals surface area contributed by atoms with Crippen molar-refractivity contribution in [1.29, 1.82) is 0 Å². The molecule has 0 aromatic heterocycles. The first-order valence-electron chi connectivity index (χ1n) is 7.98. The van der Waals surface area contributed by atoms with Gasteiger partial charge in [-0.25, -0.2) is 4.79 Å². The van der Waals surface area contributed by atoms with Crippen LogP contribution in [0.15, 0.2) is 18.2 Å². The number of aliphatic carboxylic acids is 1. The molecule has 24 heavy (non-hydrogen) atoms. The van der Waals surface area contributed by atoms with Crippen molar-refractivity contribution in [2.24, 2.45) is 0 Å². The minimum atomic E-state index is -1.09. The summed E-state index contributed by atoms with van der Waals surface area (Å²) < 4.78 is 5.52. The van der Waals surface area contributed by atoms with Crippen molar-refractivity contribution in [3.8, 4) is 0 Å². The molecule has 134 valence electrons. The van der Waals surface area contributed by atoms with Gasteiger partial charge in [0, 0.05) is 23.6 Å². The molecule has 0 spiro atoms. The zero-order chi connectivity index (χ0) is 18.5. The number of hydrogen-bond donors (Lipinski definition) is 2. The van der Waals surface area contributed by atoms with Crippen molar-refractivity contribution < 1.29 is 19.4 Å². The summed E-state index contributed by atoms with van der Waals surface area (Å²) in [7, 11) is 0. The van der Waals surface area contributed by atoms with Crippen LogP contribution in [0.25, 0.3) is 0 Å². The third kappa shape index (κ3) is 6.49. The number of carboxylic acid groups (broad SMARTS) is 1. The van der Waals surface area contributed by atoms with Gasteiger partial charge < -0.3 is 15.2 Å². The van der Waals surface area contributed by atoms with Crippen LogP contribution in [-0.2, 0) is 9.53 Å². The van der Waals surface area contributed by atoms with Crippen LogP contribution < -0.4 is 5.32 Å². The molecule has 1 rings (SSSR count). The number of carbonyl (C=O) groups is 2. The summed E-state index contributed by atoms with van der Waals surface area (Å²) in [6, 6.07) is 4.00. The predicted octanol–water partition coefficient (Wildman–Crippen LogP) is 3.85.